The number of urea groups is 1. The first-order chi connectivity index (χ1) is 10.0. The number of carbonyl (C=O) groups excluding carboxylic acids is 1. The molecule has 1 aromatic rings. The lowest BCUT2D eigenvalue weighted by molar-refractivity contribution is 0.229. The lowest BCUT2D eigenvalue weighted by Crippen LogP contribution is -2.38. The molecular formula is C15H22N2O4. The van der Waals surface area contributed by atoms with Crippen molar-refractivity contribution in [1.82, 2.24) is 5.32 Å². The Bertz CT molecular complexity index is 519. The fourth-order valence-corrected chi connectivity index (χ4v) is 2.24. The molecule has 0 aliphatic carbocycles. The van der Waals surface area contributed by atoms with Gasteiger partial charge in [-0.25, -0.2) is 4.79 Å². The van der Waals surface area contributed by atoms with Crippen LogP contribution in [0.25, 0.3) is 0 Å². The van der Waals surface area contributed by atoms with E-state index >= 15 is 0 Å². The van der Waals surface area contributed by atoms with Crippen LogP contribution in [0.3, 0.4) is 0 Å². The van der Waals surface area contributed by atoms with Crippen LogP contribution in [0.15, 0.2) is 12.1 Å². The van der Waals surface area contributed by atoms with Gasteiger partial charge in [0.1, 0.15) is 17.6 Å². The number of rotatable bonds is 5. The first-order valence-electron chi connectivity index (χ1n) is 7.18. The monoisotopic (exact) mass is 294 g/mol. The quantitative estimate of drug-likeness (QED) is 0.775. The minimum atomic E-state index is -0.386. The summed E-state index contributed by atoms with van der Waals surface area (Å²) in [6.07, 6.45) is 0.969. The molecule has 3 N–H and O–H groups in total. The molecule has 21 heavy (non-hydrogen) atoms. The summed E-state index contributed by atoms with van der Waals surface area (Å²) in [6, 6.07) is 3.00. The summed E-state index contributed by atoms with van der Waals surface area (Å²) in [5.41, 5.74) is 1.65. The number of hydrogen-bond acceptors (Lipinski definition) is 4. The molecule has 1 aliphatic rings. The van der Waals surface area contributed by atoms with E-state index in [0.717, 1.165) is 17.7 Å². The molecule has 2 rings (SSSR count). The number of amides is 2. The van der Waals surface area contributed by atoms with Gasteiger partial charge in [-0.05, 0) is 26.8 Å². The summed E-state index contributed by atoms with van der Waals surface area (Å²) >= 11 is 0. The maximum Gasteiger partial charge on any atom is 0.319 e. The van der Waals surface area contributed by atoms with Gasteiger partial charge in [0.2, 0.25) is 0 Å². The summed E-state index contributed by atoms with van der Waals surface area (Å²) in [4.78, 5) is 11.9. The molecule has 0 bridgehead atoms. The van der Waals surface area contributed by atoms with Crippen molar-refractivity contribution in [2.45, 2.75) is 39.3 Å². The number of benzene rings is 1. The van der Waals surface area contributed by atoms with Gasteiger partial charge in [-0.2, -0.15) is 0 Å². The second kappa shape index (κ2) is 6.67. The molecule has 6 nitrogen and oxygen atoms in total. The highest BCUT2D eigenvalue weighted by Crippen LogP contribution is 2.37. The van der Waals surface area contributed by atoms with Crippen molar-refractivity contribution < 1.29 is 19.4 Å². The predicted molar refractivity (Wildman–Crippen MR) is 80.1 cm³/mol. The average molecular weight is 294 g/mol. The predicted octanol–water partition coefficient (Wildman–Crippen LogP) is 1.91. The summed E-state index contributed by atoms with van der Waals surface area (Å²) in [5, 5.41) is 14.3. The van der Waals surface area contributed by atoms with Crippen molar-refractivity contribution in [2.75, 3.05) is 18.5 Å². The number of ether oxygens (including phenoxy) is 2. The Hall–Kier alpha value is -1.95. The molecular weight excluding hydrogens is 272 g/mol. The van der Waals surface area contributed by atoms with Crippen molar-refractivity contribution in [1.29, 1.82) is 0 Å². The first kappa shape index (κ1) is 15.4. The maximum absolute atomic E-state index is 11.9. The Morgan fingerprint density at radius 3 is 3.00 bits per heavy atom. The molecule has 0 fully saturated rings. The zero-order chi connectivity index (χ0) is 15.4. The average Bonchev–Trinajstić information content (AvgIpc) is 2.78. The Kier molecular flexibility index (Phi) is 4.90. The molecule has 0 unspecified atom stereocenters. The fraction of sp³-hybridized carbons (Fsp3) is 0.533. The zero-order valence-electron chi connectivity index (χ0n) is 12.6. The van der Waals surface area contributed by atoms with Crippen LogP contribution in [-0.4, -0.2) is 36.5 Å². The third-order valence-electron chi connectivity index (χ3n) is 3.20. The molecule has 0 saturated carbocycles. The summed E-state index contributed by atoms with van der Waals surface area (Å²) in [5.74, 6) is 1.40. The van der Waals surface area contributed by atoms with Crippen LogP contribution in [0, 0.1) is 0 Å². The van der Waals surface area contributed by atoms with Gasteiger partial charge in [-0.15, -0.1) is 0 Å². The van der Waals surface area contributed by atoms with Gasteiger partial charge in [-0.1, -0.05) is 0 Å². The van der Waals surface area contributed by atoms with Crippen molar-refractivity contribution in [3.05, 3.63) is 17.7 Å². The molecule has 6 heteroatoms. The minimum Gasteiger partial charge on any atom is -0.492 e. The van der Waals surface area contributed by atoms with Gasteiger partial charge < -0.3 is 25.2 Å². The second-order valence-corrected chi connectivity index (χ2v) is 5.20. The van der Waals surface area contributed by atoms with Crippen LogP contribution >= 0.6 is 0 Å². The molecule has 0 radical (unpaired) electrons. The van der Waals surface area contributed by atoms with Gasteiger partial charge in [0.25, 0.3) is 0 Å². The minimum absolute atomic E-state index is 0.115. The van der Waals surface area contributed by atoms with E-state index in [1.54, 1.807) is 13.0 Å². The number of aliphatic hydroxyl groups is 1. The summed E-state index contributed by atoms with van der Waals surface area (Å²) in [6.45, 7) is 6.01. The number of anilines is 1. The van der Waals surface area contributed by atoms with Gasteiger partial charge in [0, 0.05) is 18.1 Å². The summed E-state index contributed by atoms with van der Waals surface area (Å²) in [7, 11) is 0. The number of fused-ring (bicyclic) bond motifs is 1. The highest BCUT2D eigenvalue weighted by atomic mass is 16.5. The Morgan fingerprint density at radius 2 is 2.33 bits per heavy atom. The molecule has 1 aliphatic heterocycles. The van der Waals surface area contributed by atoms with E-state index < -0.39 is 0 Å². The van der Waals surface area contributed by atoms with Crippen molar-refractivity contribution >= 4 is 11.7 Å². The highest BCUT2D eigenvalue weighted by Gasteiger charge is 2.22. The van der Waals surface area contributed by atoms with E-state index in [1.165, 1.54) is 0 Å². The molecule has 0 saturated heterocycles. The molecule has 1 aromatic carbocycles. The van der Waals surface area contributed by atoms with Crippen LogP contribution in [0.4, 0.5) is 10.5 Å². The van der Waals surface area contributed by atoms with Gasteiger partial charge in [0.15, 0.2) is 0 Å². The number of carbonyl (C=O) groups is 1. The standard InChI is InChI=1S/C15H22N2O4/c1-4-20-14-6-11-5-10(3)21-13(11)7-12(14)17-15(19)16-9(2)8-18/h6-7,9-10,18H,4-5,8H2,1-3H3,(H2,16,17,19)/t9-,10+/m0/s1. The van der Waals surface area contributed by atoms with E-state index in [1.807, 2.05) is 19.9 Å². The van der Waals surface area contributed by atoms with Gasteiger partial charge >= 0.3 is 6.03 Å². The summed E-state index contributed by atoms with van der Waals surface area (Å²) < 4.78 is 11.3. The van der Waals surface area contributed by atoms with E-state index in [-0.39, 0.29) is 24.8 Å². The Morgan fingerprint density at radius 1 is 1.57 bits per heavy atom. The van der Waals surface area contributed by atoms with Crippen molar-refractivity contribution in [3.8, 4) is 11.5 Å². The molecule has 0 aromatic heterocycles. The van der Waals surface area contributed by atoms with E-state index in [0.29, 0.717) is 18.0 Å². The van der Waals surface area contributed by atoms with E-state index in [9.17, 15) is 4.79 Å². The van der Waals surface area contributed by atoms with Gasteiger partial charge in [-0.3, -0.25) is 0 Å². The van der Waals surface area contributed by atoms with Gasteiger partial charge in [0.05, 0.1) is 24.9 Å². The largest absolute Gasteiger partial charge is 0.492 e. The lowest BCUT2D eigenvalue weighted by Gasteiger charge is -2.16. The van der Waals surface area contributed by atoms with E-state index in [2.05, 4.69) is 10.6 Å². The first-order valence-corrected chi connectivity index (χ1v) is 7.18. The van der Waals surface area contributed by atoms with Crippen molar-refractivity contribution in [2.24, 2.45) is 0 Å². The number of nitrogens with one attached hydrogen (secondary N) is 2. The van der Waals surface area contributed by atoms with Crippen LogP contribution in [0.1, 0.15) is 26.3 Å². The zero-order valence-corrected chi connectivity index (χ0v) is 12.6. The molecule has 1 heterocycles. The second-order valence-electron chi connectivity index (χ2n) is 5.20. The van der Waals surface area contributed by atoms with Crippen LogP contribution in [0.5, 0.6) is 11.5 Å². The Labute approximate surface area is 124 Å². The Balaban J connectivity index is 2.17. The van der Waals surface area contributed by atoms with Crippen molar-refractivity contribution in [3.63, 3.8) is 0 Å². The molecule has 0 spiro atoms. The third kappa shape index (κ3) is 3.78. The fourth-order valence-electron chi connectivity index (χ4n) is 2.24. The number of hydrogen-bond donors (Lipinski definition) is 3. The topological polar surface area (TPSA) is 79.8 Å². The maximum atomic E-state index is 11.9. The van der Waals surface area contributed by atoms with Crippen LogP contribution in [0.2, 0.25) is 0 Å². The molecule has 2 atom stereocenters. The van der Waals surface area contributed by atoms with Crippen LogP contribution < -0.4 is 20.1 Å². The normalized spacial score (nSPS) is 17.6. The lowest BCUT2D eigenvalue weighted by atomic mass is 10.1. The van der Waals surface area contributed by atoms with Crippen LogP contribution in [-0.2, 0) is 6.42 Å². The third-order valence-corrected chi connectivity index (χ3v) is 3.20. The van der Waals surface area contributed by atoms with E-state index in [4.69, 9.17) is 14.6 Å². The SMILES string of the molecule is CCOc1cc2c(cc1NC(=O)N[C@@H](C)CO)O[C@H](C)C2. The smallest absolute Gasteiger partial charge is 0.319 e. The molecule has 116 valence electrons. The number of aliphatic hydroxyl groups excluding tert-OH is 1. The molecule has 2 amide bonds. The highest BCUT2D eigenvalue weighted by molar-refractivity contribution is 5.91.